The van der Waals surface area contributed by atoms with Crippen molar-refractivity contribution in [1.82, 2.24) is 9.80 Å². The number of ketones is 1. The zero-order valence-electron chi connectivity index (χ0n) is 11.9. The van der Waals surface area contributed by atoms with Crippen LogP contribution in [0.3, 0.4) is 0 Å². The summed E-state index contributed by atoms with van der Waals surface area (Å²) in [7, 11) is 1.74. The predicted molar refractivity (Wildman–Crippen MR) is 71.4 cm³/mol. The molecule has 4 heteroatoms. The van der Waals surface area contributed by atoms with Crippen molar-refractivity contribution >= 4 is 5.78 Å². The first-order valence-electron chi connectivity index (χ1n) is 6.65. The van der Waals surface area contributed by atoms with E-state index >= 15 is 0 Å². The second kappa shape index (κ2) is 10.7. The Morgan fingerprint density at radius 1 is 1.12 bits per heavy atom. The summed E-state index contributed by atoms with van der Waals surface area (Å²) >= 11 is 0. The first kappa shape index (κ1) is 16.6. The van der Waals surface area contributed by atoms with Crippen molar-refractivity contribution in [3.05, 3.63) is 0 Å². The monoisotopic (exact) mass is 244 g/mol. The molecule has 102 valence electrons. The number of rotatable bonds is 6. The zero-order valence-corrected chi connectivity index (χ0v) is 11.9. The fraction of sp³-hybridized carbons (Fsp3) is 0.923. The number of carbonyl (C=O) groups excluding carboxylic acids is 1. The zero-order chi connectivity index (χ0) is 13.1. The molecule has 0 aromatic heterocycles. The van der Waals surface area contributed by atoms with Crippen LogP contribution in [0.4, 0.5) is 0 Å². The third-order valence-corrected chi connectivity index (χ3v) is 2.73. The van der Waals surface area contributed by atoms with Gasteiger partial charge in [0.25, 0.3) is 0 Å². The first-order chi connectivity index (χ1) is 8.22. The molecule has 0 aromatic rings. The van der Waals surface area contributed by atoms with Crippen LogP contribution >= 0.6 is 0 Å². The van der Waals surface area contributed by atoms with Crippen molar-refractivity contribution in [2.24, 2.45) is 0 Å². The van der Waals surface area contributed by atoms with Gasteiger partial charge in [0.05, 0.1) is 6.54 Å². The molecule has 1 fully saturated rings. The molecule has 0 atom stereocenters. The quantitative estimate of drug-likeness (QED) is 0.659. The summed E-state index contributed by atoms with van der Waals surface area (Å²) in [6.45, 7) is 12.4. The van der Waals surface area contributed by atoms with Crippen molar-refractivity contribution in [2.75, 3.05) is 53.0 Å². The van der Waals surface area contributed by atoms with Gasteiger partial charge in [-0.15, -0.1) is 0 Å². The average Bonchev–Trinajstić information content (AvgIpc) is 2.34. The summed E-state index contributed by atoms with van der Waals surface area (Å²) < 4.78 is 5.02. The molecule has 1 aliphatic heterocycles. The van der Waals surface area contributed by atoms with Crippen LogP contribution in [0.2, 0.25) is 0 Å². The van der Waals surface area contributed by atoms with Gasteiger partial charge in [0, 0.05) is 46.4 Å². The maximum absolute atomic E-state index is 10.9. The van der Waals surface area contributed by atoms with E-state index in [9.17, 15) is 4.79 Å². The van der Waals surface area contributed by atoms with Crippen LogP contribution in [0.15, 0.2) is 0 Å². The van der Waals surface area contributed by atoms with Gasteiger partial charge >= 0.3 is 0 Å². The highest BCUT2D eigenvalue weighted by Gasteiger charge is 2.16. The molecule has 1 saturated heterocycles. The lowest BCUT2D eigenvalue weighted by Crippen LogP contribution is -2.47. The van der Waals surface area contributed by atoms with E-state index in [1.54, 1.807) is 14.0 Å². The first-order valence-corrected chi connectivity index (χ1v) is 6.65. The van der Waals surface area contributed by atoms with Crippen LogP contribution < -0.4 is 0 Å². The molecule has 0 spiro atoms. The fourth-order valence-corrected chi connectivity index (χ4v) is 1.92. The molecule has 0 unspecified atom stereocenters. The minimum atomic E-state index is 0.267. The lowest BCUT2D eigenvalue weighted by molar-refractivity contribution is -0.118. The van der Waals surface area contributed by atoms with Crippen LogP contribution in [0, 0.1) is 0 Å². The molecule has 1 heterocycles. The number of hydrogen-bond donors (Lipinski definition) is 0. The molecule has 0 radical (unpaired) electrons. The smallest absolute Gasteiger partial charge is 0.143 e. The van der Waals surface area contributed by atoms with Crippen molar-refractivity contribution in [3.8, 4) is 0 Å². The van der Waals surface area contributed by atoms with Gasteiger partial charge in [-0.2, -0.15) is 0 Å². The van der Waals surface area contributed by atoms with E-state index in [1.807, 2.05) is 13.8 Å². The van der Waals surface area contributed by atoms with Crippen LogP contribution in [0.1, 0.15) is 27.2 Å². The molecule has 1 rings (SSSR count). The van der Waals surface area contributed by atoms with Crippen molar-refractivity contribution in [3.63, 3.8) is 0 Å². The van der Waals surface area contributed by atoms with Crippen LogP contribution in [-0.4, -0.2) is 68.6 Å². The summed E-state index contributed by atoms with van der Waals surface area (Å²) in [6, 6.07) is 0. The van der Waals surface area contributed by atoms with Gasteiger partial charge < -0.3 is 9.64 Å². The number of Topliss-reactive ketones (excluding diaryl/α,β-unsaturated/α-hetero) is 1. The second-order valence-corrected chi connectivity index (χ2v) is 4.17. The fourth-order valence-electron chi connectivity index (χ4n) is 1.92. The Balaban J connectivity index is 0.00000121. The number of nitrogens with zero attached hydrogens (tertiary/aromatic N) is 2. The Bertz CT molecular complexity index is 190. The van der Waals surface area contributed by atoms with Crippen molar-refractivity contribution in [1.29, 1.82) is 0 Å². The molecule has 1 aliphatic rings. The minimum absolute atomic E-state index is 0.267. The van der Waals surface area contributed by atoms with Crippen molar-refractivity contribution in [2.45, 2.75) is 27.2 Å². The highest BCUT2D eigenvalue weighted by Crippen LogP contribution is 2.02. The molecule has 0 N–H and O–H groups in total. The van der Waals surface area contributed by atoms with Gasteiger partial charge in [-0.05, 0) is 13.3 Å². The Kier molecular flexibility index (Phi) is 10.4. The Labute approximate surface area is 106 Å². The van der Waals surface area contributed by atoms with Crippen LogP contribution in [0.25, 0.3) is 0 Å². The van der Waals surface area contributed by atoms with Gasteiger partial charge in [0.1, 0.15) is 5.78 Å². The number of carbonyl (C=O) groups is 1. The molecule has 0 bridgehead atoms. The highest BCUT2D eigenvalue weighted by molar-refractivity contribution is 5.77. The summed E-state index contributed by atoms with van der Waals surface area (Å²) in [6.07, 6.45) is 1.10. The number of methoxy groups -OCH3 is 1. The van der Waals surface area contributed by atoms with E-state index in [0.29, 0.717) is 6.54 Å². The minimum Gasteiger partial charge on any atom is -0.385 e. The molecule has 0 amide bonds. The lowest BCUT2D eigenvalue weighted by atomic mass is 10.2. The highest BCUT2D eigenvalue weighted by atomic mass is 16.5. The topological polar surface area (TPSA) is 32.8 Å². The molecular formula is C13H28N2O2. The van der Waals surface area contributed by atoms with E-state index in [2.05, 4.69) is 9.80 Å². The van der Waals surface area contributed by atoms with Gasteiger partial charge in [-0.25, -0.2) is 0 Å². The molecule has 0 saturated carbocycles. The van der Waals surface area contributed by atoms with E-state index < -0.39 is 0 Å². The maximum Gasteiger partial charge on any atom is 0.143 e. The van der Waals surface area contributed by atoms with E-state index in [0.717, 1.165) is 45.8 Å². The van der Waals surface area contributed by atoms with Crippen LogP contribution in [-0.2, 0) is 9.53 Å². The van der Waals surface area contributed by atoms with Gasteiger partial charge in [0.2, 0.25) is 0 Å². The summed E-state index contributed by atoms with van der Waals surface area (Å²) in [5, 5.41) is 0. The van der Waals surface area contributed by atoms with E-state index in [4.69, 9.17) is 4.74 Å². The third kappa shape index (κ3) is 8.30. The van der Waals surface area contributed by atoms with E-state index in [1.165, 1.54) is 0 Å². The number of ether oxygens (including phenoxy) is 1. The Morgan fingerprint density at radius 2 is 1.65 bits per heavy atom. The lowest BCUT2D eigenvalue weighted by Gasteiger charge is -2.34. The molecule has 4 nitrogen and oxygen atoms in total. The van der Waals surface area contributed by atoms with E-state index in [-0.39, 0.29) is 5.78 Å². The van der Waals surface area contributed by atoms with Crippen LogP contribution in [0.5, 0.6) is 0 Å². The standard InChI is InChI=1S/C11H22N2O2.C2H6/c1-11(14)10-13-7-5-12(6-8-13)4-3-9-15-2;1-2/h3-10H2,1-2H3;1-2H3. The SMILES string of the molecule is CC.COCCCN1CCN(CC(C)=O)CC1. The summed E-state index contributed by atoms with van der Waals surface area (Å²) in [5.74, 6) is 0.267. The second-order valence-electron chi connectivity index (χ2n) is 4.17. The largest absolute Gasteiger partial charge is 0.385 e. The predicted octanol–water partition coefficient (Wildman–Crippen LogP) is 1.26. The number of hydrogen-bond acceptors (Lipinski definition) is 4. The molecule has 0 aromatic carbocycles. The average molecular weight is 244 g/mol. The maximum atomic E-state index is 10.9. The summed E-state index contributed by atoms with van der Waals surface area (Å²) in [5.41, 5.74) is 0. The molecule has 0 aliphatic carbocycles. The third-order valence-electron chi connectivity index (χ3n) is 2.73. The molecule has 17 heavy (non-hydrogen) atoms. The van der Waals surface area contributed by atoms with Gasteiger partial charge in [0.15, 0.2) is 0 Å². The van der Waals surface area contributed by atoms with Gasteiger partial charge in [-0.3, -0.25) is 9.69 Å². The Morgan fingerprint density at radius 3 is 2.12 bits per heavy atom. The summed E-state index contributed by atoms with van der Waals surface area (Å²) in [4.78, 5) is 15.6. The van der Waals surface area contributed by atoms with Gasteiger partial charge in [-0.1, -0.05) is 13.8 Å². The molecular weight excluding hydrogens is 216 g/mol. The Hall–Kier alpha value is -0.450. The number of piperazine rings is 1. The normalized spacial score (nSPS) is 17.4. The van der Waals surface area contributed by atoms with Crippen molar-refractivity contribution < 1.29 is 9.53 Å².